The summed E-state index contributed by atoms with van der Waals surface area (Å²) < 4.78 is 10.7. The van der Waals surface area contributed by atoms with E-state index in [0.29, 0.717) is 10.8 Å². The molecule has 25 heavy (non-hydrogen) atoms. The minimum absolute atomic E-state index is 0.109. The van der Waals surface area contributed by atoms with Crippen molar-refractivity contribution in [1.29, 1.82) is 0 Å². The third kappa shape index (κ3) is 5.45. The number of ether oxygens (including phenoxy) is 2. The highest BCUT2D eigenvalue weighted by molar-refractivity contribution is 7.17. The molecule has 3 rings (SSSR count). The molecule has 1 aliphatic heterocycles. The van der Waals surface area contributed by atoms with Gasteiger partial charge in [0.25, 0.3) is 5.91 Å². The van der Waals surface area contributed by atoms with Crippen molar-refractivity contribution in [3.05, 3.63) is 46.3 Å². The van der Waals surface area contributed by atoms with Crippen LogP contribution < -0.4 is 15.1 Å². The van der Waals surface area contributed by atoms with Crippen LogP contribution in [0.1, 0.15) is 4.88 Å². The number of thiophene rings is 1. The normalized spacial score (nSPS) is 14.7. The Hall–Kier alpha value is -2.09. The molecule has 0 atom stereocenters. The van der Waals surface area contributed by atoms with Crippen LogP contribution in [0.5, 0.6) is 5.75 Å². The van der Waals surface area contributed by atoms with E-state index in [0.717, 1.165) is 31.2 Å². The molecule has 2 heterocycles. The zero-order valence-corrected chi connectivity index (χ0v) is 15.1. The molecular formula is C17H18ClN3O3S. The number of rotatable bonds is 6. The van der Waals surface area contributed by atoms with E-state index >= 15 is 0 Å². The Balaban J connectivity index is 1.43. The number of nitrogens with one attached hydrogen (secondary N) is 1. The standard InChI is InChI=1S/C17H18ClN3O3S/c18-13-1-3-14(4-2-13)24-12-16(22)20-19-11-15-5-6-17(25-15)21-7-9-23-10-8-21/h1-6,11H,7-10,12H2,(H,20,22)/b19-11-. The van der Waals surface area contributed by atoms with Crippen molar-refractivity contribution in [2.24, 2.45) is 5.10 Å². The van der Waals surface area contributed by atoms with E-state index in [9.17, 15) is 4.79 Å². The third-order valence-electron chi connectivity index (χ3n) is 3.50. The fourth-order valence-corrected chi connectivity index (χ4v) is 3.30. The first-order valence-electron chi connectivity index (χ1n) is 7.83. The highest BCUT2D eigenvalue weighted by Gasteiger charge is 2.12. The Labute approximate surface area is 155 Å². The number of hydrogen-bond acceptors (Lipinski definition) is 6. The average Bonchev–Trinajstić information content (AvgIpc) is 3.11. The van der Waals surface area contributed by atoms with Gasteiger partial charge in [-0.05, 0) is 36.4 Å². The van der Waals surface area contributed by atoms with Gasteiger partial charge >= 0.3 is 0 Å². The van der Waals surface area contributed by atoms with Gasteiger partial charge in [-0.1, -0.05) is 11.6 Å². The second kappa shape index (κ2) is 8.84. The van der Waals surface area contributed by atoms with Crippen LogP contribution >= 0.6 is 22.9 Å². The summed E-state index contributed by atoms with van der Waals surface area (Å²) in [4.78, 5) is 15.0. The predicted molar refractivity (Wildman–Crippen MR) is 100 cm³/mol. The first-order chi connectivity index (χ1) is 12.2. The van der Waals surface area contributed by atoms with Gasteiger partial charge in [-0.3, -0.25) is 4.79 Å². The molecule has 2 aromatic rings. The van der Waals surface area contributed by atoms with E-state index < -0.39 is 0 Å². The summed E-state index contributed by atoms with van der Waals surface area (Å²) in [6, 6.07) is 10.9. The van der Waals surface area contributed by atoms with E-state index in [2.05, 4.69) is 21.5 Å². The Morgan fingerprint density at radius 3 is 2.80 bits per heavy atom. The molecule has 1 aromatic heterocycles. The van der Waals surface area contributed by atoms with Crippen molar-refractivity contribution < 1.29 is 14.3 Å². The molecule has 0 spiro atoms. The van der Waals surface area contributed by atoms with Crippen LogP contribution in [0.3, 0.4) is 0 Å². The highest BCUT2D eigenvalue weighted by atomic mass is 35.5. The Morgan fingerprint density at radius 1 is 1.28 bits per heavy atom. The third-order valence-corrected chi connectivity index (χ3v) is 4.83. The van der Waals surface area contributed by atoms with Gasteiger partial charge in [-0.2, -0.15) is 5.10 Å². The van der Waals surface area contributed by atoms with Gasteiger partial charge < -0.3 is 14.4 Å². The fourth-order valence-electron chi connectivity index (χ4n) is 2.25. The number of morpholine rings is 1. The number of hydrogen-bond donors (Lipinski definition) is 1. The minimum Gasteiger partial charge on any atom is -0.484 e. The molecule has 1 aliphatic rings. The molecule has 6 nitrogen and oxygen atoms in total. The molecule has 0 bridgehead atoms. The van der Waals surface area contributed by atoms with Gasteiger partial charge in [0.15, 0.2) is 6.61 Å². The van der Waals surface area contributed by atoms with E-state index in [1.807, 2.05) is 6.07 Å². The minimum atomic E-state index is -0.323. The van der Waals surface area contributed by atoms with Crippen LogP contribution in [0, 0.1) is 0 Å². The van der Waals surface area contributed by atoms with Gasteiger partial charge in [0.2, 0.25) is 0 Å². The van der Waals surface area contributed by atoms with Crippen molar-refractivity contribution in [3.63, 3.8) is 0 Å². The average molecular weight is 380 g/mol. The molecule has 1 fully saturated rings. The van der Waals surface area contributed by atoms with Crippen molar-refractivity contribution >= 4 is 40.1 Å². The van der Waals surface area contributed by atoms with Gasteiger partial charge in [0, 0.05) is 23.0 Å². The second-order valence-corrected chi connectivity index (χ2v) is 6.84. The first kappa shape index (κ1) is 17.7. The first-order valence-corrected chi connectivity index (χ1v) is 9.03. The second-order valence-electron chi connectivity index (χ2n) is 5.31. The number of benzene rings is 1. The lowest BCUT2D eigenvalue weighted by Gasteiger charge is -2.27. The molecule has 8 heteroatoms. The lowest BCUT2D eigenvalue weighted by Crippen LogP contribution is -2.35. The van der Waals surface area contributed by atoms with Crippen LogP contribution in [0.25, 0.3) is 0 Å². The van der Waals surface area contributed by atoms with Crippen molar-refractivity contribution in [1.82, 2.24) is 5.43 Å². The number of hydrazone groups is 1. The van der Waals surface area contributed by atoms with Crippen LogP contribution in [0.2, 0.25) is 5.02 Å². The zero-order chi connectivity index (χ0) is 17.5. The Kier molecular flexibility index (Phi) is 6.27. The maximum atomic E-state index is 11.7. The SMILES string of the molecule is O=C(COc1ccc(Cl)cc1)N/N=C\c1ccc(N2CCOCC2)s1. The number of halogens is 1. The molecular weight excluding hydrogens is 362 g/mol. The number of anilines is 1. The van der Waals surface area contributed by atoms with E-state index in [1.165, 1.54) is 5.00 Å². The van der Waals surface area contributed by atoms with Crippen molar-refractivity contribution in [3.8, 4) is 5.75 Å². The quantitative estimate of drug-likeness (QED) is 0.619. The molecule has 0 unspecified atom stereocenters. The maximum Gasteiger partial charge on any atom is 0.277 e. The summed E-state index contributed by atoms with van der Waals surface area (Å²) in [5.41, 5.74) is 2.45. The number of carbonyl (C=O) groups is 1. The summed E-state index contributed by atoms with van der Waals surface area (Å²) in [5.74, 6) is 0.257. The van der Waals surface area contributed by atoms with E-state index in [4.69, 9.17) is 21.1 Å². The summed E-state index contributed by atoms with van der Waals surface area (Å²) in [6.07, 6.45) is 1.63. The van der Waals surface area contributed by atoms with Crippen LogP contribution in [0.4, 0.5) is 5.00 Å². The molecule has 1 saturated heterocycles. The van der Waals surface area contributed by atoms with Crippen molar-refractivity contribution in [2.75, 3.05) is 37.8 Å². The predicted octanol–water partition coefficient (Wildman–Crippen LogP) is 2.77. The summed E-state index contributed by atoms with van der Waals surface area (Å²) in [5, 5.41) is 5.77. The van der Waals surface area contributed by atoms with Crippen LogP contribution in [-0.2, 0) is 9.53 Å². The molecule has 0 radical (unpaired) electrons. The van der Waals surface area contributed by atoms with E-state index in [1.54, 1.807) is 41.8 Å². The zero-order valence-electron chi connectivity index (χ0n) is 13.5. The Morgan fingerprint density at radius 2 is 2.04 bits per heavy atom. The number of nitrogens with zero attached hydrogens (tertiary/aromatic N) is 2. The maximum absolute atomic E-state index is 11.7. The molecule has 1 N–H and O–H groups in total. The summed E-state index contributed by atoms with van der Waals surface area (Å²) >= 11 is 7.42. The van der Waals surface area contributed by atoms with Gasteiger partial charge in [-0.15, -0.1) is 11.3 Å². The molecule has 132 valence electrons. The molecule has 1 amide bonds. The lowest BCUT2D eigenvalue weighted by molar-refractivity contribution is -0.123. The topological polar surface area (TPSA) is 63.2 Å². The fraction of sp³-hybridized carbons (Fsp3) is 0.294. The van der Waals surface area contributed by atoms with Gasteiger partial charge in [0.05, 0.1) is 24.4 Å². The lowest BCUT2D eigenvalue weighted by atomic mass is 10.3. The summed E-state index contributed by atoms with van der Waals surface area (Å²) in [6.45, 7) is 3.20. The van der Waals surface area contributed by atoms with Gasteiger partial charge in [-0.25, -0.2) is 5.43 Å². The summed E-state index contributed by atoms with van der Waals surface area (Å²) in [7, 11) is 0. The van der Waals surface area contributed by atoms with E-state index in [-0.39, 0.29) is 12.5 Å². The number of amides is 1. The molecule has 0 saturated carbocycles. The highest BCUT2D eigenvalue weighted by Crippen LogP contribution is 2.25. The molecule has 1 aromatic carbocycles. The van der Waals surface area contributed by atoms with Crippen LogP contribution in [0.15, 0.2) is 41.5 Å². The molecule has 0 aliphatic carbocycles. The Bertz CT molecular complexity index is 727. The van der Waals surface area contributed by atoms with Crippen LogP contribution in [-0.4, -0.2) is 45.0 Å². The van der Waals surface area contributed by atoms with Gasteiger partial charge in [0.1, 0.15) is 5.75 Å². The number of carbonyl (C=O) groups excluding carboxylic acids is 1. The monoisotopic (exact) mass is 379 g/mol. The van der Waals surface area contributed by atoms with Crippen molar-refractivity contribution in [2.45, 2.75) is 0 Å². The smallest absolute Gasteiger partial charge is 0.277 e. The largest absolute Gasteiger partial charge is 0.484 e.